The fourth-order valence-corrected chi connectivity index (χ4v) is 1.68. The van der Waals surface area contributed by atoms with Gasteiger partial charge in [-0.15, -0.1) is 0 Å². The summed E-state index contributed by atoms with van der Waals surface area (Å²) in [7, 11) is 0. The molecule has 1 aliphatic rings. The predicted octanol–water partition coefficient (Wildman–Crippen LogP) is 2.15. The van der Waals surface area contributed by atoms with Gasteiger partial charge in [-0.2, -0.15) is 0 Å². The summed E-state index contributed by atoms with van der Waals surface area (Å²) in [6.07, 6.45) is 5.60. The minimum Gasteiger partial charge on any atom is -0.316 e. The summed E-state index contributed by atoms with van der Waals surface area (Å²) >= 11 is 0. The van der Waals surface area contributed by atoms with E-state index in [0.717, 1.165) is 12.5 Å². The topological polar surface area (TPSA) is 24.1 Å². The largest absolute Gasteiger partial charge is 0.316 e. The van der Waals surface area contributed by atoms with Crippen molar-refractivity contribution in [3.63, 3.8) is 0 Å². The van der Waals surface area contributed by atoms with Gasteiger partial charge in [-0.05, 0) is 65.6 Å². The van der Waals surface area contributed by atoms with E-state index in [0.29, 0.717) is 0 Å². The van der Waals surface area contributed by atoms with Crippen LogP contribution >= 0.6 is 0 Å². The lowest BCUT2D eigenvalue weighted by atomic mass is 9.85. The molecule has 1 aliphatic carbocycles. The molecule has 0 aromatic rings. The van der Waals surface area contributed by atoms with Gasteiger partial charge in [0.15, 0.2) is 0 Å². The smallest absolute Gasteiger partial charge is 0.00965 e. The molecule has 1 fully saturated rings. The Kier molecular flexibility index (Phi) is 4.90. The van der Waals surface area contributed by atoms with Crippen molar-refractivity contribution in [2.45, 2.75) is 52.0 Å². The fraction of sp³-hybridized carbons (Fsp3) is 1.00. The molecule has 0 unspecified atom stereocenters. The van der Waals surface area contributed by atoms with Crippen LogP contribution in [0.3, 0.4) is 0 Å². The first-order chi connectivity index (χ1) is 6.58. The Morgan fingerprint density at radius 3 is 2.36 bits per heavy atom. The zero-order valence-corrected chi connectivity index (χ0v) is 10.0. The van der Waals surface area contributed by atoms with Crippen LogP contribution in [0.2, 0.25) is 0 Å². The third kappa shape index (κ3) is 5.61. The van der Waals surface area contributed by atoms with Crippen molar-refractivity contribution in [1.82, 2.24) is 10.6 Å². The van der Waals surface area contributed by atoms with E-state index in [-0.39, 0.29) is 5.54 Å². The summed E-state index contributed by atoms with van der Waals surface area (Å²) in [5.41, 5.74) is 0.272. The van der Waals surface area contributed by atoms with Gasteiger partial charge in [0.25, 0.3) is 0 Å². The van der Waals surface area contributed by atoms with Crippen molar-refractivity contribution in [2.24, 2.45) is 5.92 Å². The fourth-order valence-electron chi connectivity index (χ4n) is 1.68. The molecule has 0 saturated heterocycles. The summed E-state index contributed by atoms with van der Waals surface area (Å²) < 4.78 is 0. The van der Waals surface area contributed by atoms with Crippen molar-refractivity contribution in [3.05, 3.63) is 0 Å². The summed E-state index contributed by atoms with van der Waals surface area (Å²) in [5.74, 6) is 0.991. The molecule has 0 heterocycles. The normalized spacial score (nSPS) is 18.2. The SMILES string of the molecule is CC(C)(C)NCCCNCC1CCC1. The van der Waals surface area contributed by atoms with Crippen LogP contribution in [-0.2, 0) is 0 Å². The molecule has 1 rings (SSSR count). The van der Waals surface area contributed by atoms with E-state index in [1.54, 1.807) is 0 Å². The van der Waals surface area contributed by atoms with Gasteiger partial charge in [-0.3, -0.25) is 0 Å². The number of nitrogens with one attached hydrogen (secondary N) is 2. The third-order valence-corrected chi connectivity index (χ3v) is 2.84. The maximum Gasteiger partial charge on any atom is 0.00965 e. The van der Waals surface area contributed by atoms with E-state index in [2.05, 4.69) is 31.4 Å². The van der Waals surface area contributed by atoms with Crippen LogP contribution in [0.5, 0.6) is 0 Å². The maximum absolute atomic E-state index is 3.53. The second kappa shape index (κ2) is 5.72. The molecule has 2 N–H and O–H groups in total. The Morgan fingerprint density at radius 2 is 1.86 bits per heavy atom. The Labute approximate surface area is 88.8 Å². The van der Waals surface area contributed by atoms with Crippen molar-refractivity contribution in [1.29, 1.82) is 0 Å². The van der Waals surface area contributed by atoms with E-state index in [9.17, 15) is 0 Å². The molecule has 84 valence electrons. The summed E-state index contributed by atoms with van der Waals surface area (Å²) in [6.45, 7) is 10.2. The second-order valence-electron chi connectivity index (χ2n) is 5.53. The monoisotopic (exact) mass is 198 g/mol. The highest BCUT2D eigenvalue weighted by molar-refractivity contribution is 4.72. The zero-order valence-electron chi connectivity index (χ0n) is 10.0. The minimum absolute atomic E-state index is 0.272. The van der Waals surface area contributed by atoms with Crippen LogP contribution in [0.25, 0.3) is 0 Å². The summed E-state index contributed by atoms with van der Waals surface area (Å²) in [6, 6.07) is 0. The average molecular weight is 198 g/mol. The molecule has 0 spiro atoms. The van der Waals surface area contributed by atoms with Gasteiger partial charge in [0, 0.05) is 5.54 Å². The minimum atomic E-state index is 0.272. The number of hydrogen-bond acceptors (Lipinski definition) is 2. The molecule has 2 nitrogen and oxygen atoms in total. The Balaban J connectivity index is 1.80. The van der Waals surface area contributed by atoms with Gasteiger partial charge in [0.1, 0.15) is 0 Å². The van der Waals surface area contributed by atoms with Gasteiger partial charge in [0.2, 0.25) is 0 Å². The standard InChI is InChI=1S/C12H26N2/c1-12(2,3)14-9-5-8-13-10-11-6-4-7-11/h11,13-14H,4-10H2,1-3H3. The molecule has 0 radical (unpaired) electrons. The van der Waals surface area contributed by atoms with Crippen LogP contribution < -0.4 is 10.6 Å². The van der Waals surface area contributed by atoms with Crippen molar-refractivity contribution in [3.8, 4) is 0 Å². The second-order valence-corrected chi connectivity index (χ2v) is 5.53. The molecule has 0 bridgehead atoms. The first-order valence-electron chi connectivity index (χ1n) is 6.04. The first-order valence-corrected chi connectivity index (χ1v) is 6.04. The average Bonchev–Trinajstić information content (AvgIpc) is 1.97. The number of hydrogen-bond donors (Lipinski definition) is 2. The molecule has 1 saturated carbocycles. The lowest BCUT2D eigenvalue weighted by Gasteiger charge is -2.25. The van der Waals surface area contributed by atoms with E-state index < -0.39 is 0 Å². The summed E-state index contributed by atoms with van der Waals surface area (Å²) in [4.78, 5) is 0. The van der Waals surface area contributed by atoms with E-state index in [4.69, 9.17) is 0 Å². The van der Waals surface area contributed by atoms with Gasteiger partial charge in [0.05, 0.1) is 0 Å². The molecule has 14 heavy (non-hydrogen) atoms. The van der Waals surface area contributed by atoms with Crippen molar-refractivity contribution >= 4 is 0 Å². The molecule has 0 aromatic carbocycles. The lowest BCUT2D eigenvalue weighted by molar-refractivity contribution is 0.300. The van der Waals surface area contributed by atoms with Crippen molar-refractivity contribution < 1.29 is 0 Å². The highest BCUT2D eigenvalue weighted by Crippen LogP contribution is 2.24. The Morgan fingerprint density at radius 1 is 1.14 bits per heavy atom. The molecule has 0 amide bonds. The molecular weight excluding hydrogens is 172 g/mol. The van der Waals surface area contributed by atoms with Crippen LogP contribution in [0.4, 0.5) is 0 Å². The van der Waals surface area contributed by atoms with Crippen molar-refractivity contribution in [2.75, 3.05) is 19.6 Å². The van der Waals surface area contributed by atoms with Crippen LogP contribution in [-0.4, -0.2) is 25.2 Å². The molecule has 0 atom stereocenters. The molecule has 2 heteroatoms. The van der Waals surface area contributed by atoms with Crippen LogP contribution in [0.1, 0.15) is 46.5 Å². The molecule has 0 aliphatic heterocycles. The van der Waals surface area contributed by atoms with Crippen LogP contribution in [0, 0.1) is 5.92 Å². The quantitative estimate of drug-likeness (QED) is 0.639. The molecule has 0 aromatic heterocycles. The lowest BCUT2D eigenvalue weighted by Crippen LogP contribution is -2.37. The van der Waals surface area contributed by atoms with E-state index in [1.165, 1.54) is 38.8 Å². The van der Waals surface area contributed by atoms with Crippen LogP contribution in [0.15, 0.2) is 0 Å². The first kappa shape index (κ1) is 12.0. The zero-order chi connectivity index (χ0) is 10.4. The summed E-state index contributed by atoms with van der Waals surface area (Å²) in [5, 5.41) is 7.03. The Hall–Kier alpha value is -0.0800. The highest BCUT2D eigenvalue weighted by atomic mass is 14.9. The van der Waals surface area contributed by atoms with Gasteiger partial charge in [-0.1, -0.05) is 6.42 Å². The van der Waals surface area contributed by atoms with Gasteiger partial charge < -0.3 is 10.6 Å². The predicted molar refractivity (Wildman–Crippen MR) is 62.6 cm³/mol. The highest BCUT2D eigenvalue weighted by Gasteiger charge is 2.16. The van der Waals surface area contributed by atoms with E-state index in [1.807, 2.05) is 0 Å². The van der Waals surface area contributed by atoms with E-state index >= 15 is 0 Å². The number of rotatable bonds is 6. The Bertz CT molecular complexity index is 145. The van der Waals surface area contributed by atoms with Gasteiger partial charge in [-0.25, -0.2) is 0 Å². The maximum atomic E-state index is 3.53. The molecular formula is C12H26N2. The third-order valence-electron chi connectivity index (χ3n) is 2.84. The van der Waals surface area contributed by atoms with Gasteiger partial charge >= 0.3 is 0 Å².